The zero-order chi connectivity index (χ0) is 17.4. The molecule has 2 heterocycles. The van der Waals surface area contributed by atoms with E-state index in [0.29, 0.717) is 33.9 Å². The predicted molar refractivity (Wildman–Crippen MR) is 102 cm³/mol. The van der Waals surface area contributed by atoms with Crippen LogP contribution >= 0.6 is 11.6 Å². The Morgan fingerprint density at radius 1 is 1.32 bits per heavy atom. The normalized spacial score (nSPS) is 14.3. The molecule has 1 aliphatic rings. The minimum atomic E-state index is 0.430. The Bertz CT molecular complexity index is 946. The maximum atomic E-state index is 7.31. The van der Waals surface area contributed by atoms with Gasteiger partial charge in [0.15, 0.2) is 0 Å². The largest absolute Gasteiger partial charge is 0.398 e. The minimum Gasteiger partial charge on any atom is -0.398 e. The molecule has 0 aliphatic heterocycles. The lowest BCUT2D eigenvalue weighted by molar-refractivity contribution is 0.445. The number of nitrogen functional groups attached to an aromatic ring is 1. The predicted octanol–water partition coefficient (Wildman–Crippen LogP) is 3.90. The highest BCUT2D eigenvalue weighted by atomic mass is 35.5. The molecule has 128 valence electrons. The Hall–Kier alpha value is -2.80. The van der Waals surface area contributed by atoms with Gasteiger partial charge in [0.25, 0.3) is 0 Å². The first-order valence-corrected chi connectivity index (χ1v) is 8.50. The number of nitrogens with one attached hydrogen (secondary N) is 4. The quantitative estimate of drug-likeness (QED) is 0.351. The summed E-state index contributed by atoms with van der Waals surface area (Å²) in [5.41, 5.74) is 8.56. The third-order valence-corrected chi connectivity index (χ3v) is 4.73. The van der Waals surface area contributed by atoms with Crippen LogP contribution in [-0.2, 0) is 0 Å². The van der Waals surface area contributed by atoms with Gasteiger partial charge in [-0.2, -0.15) is 9.97 Å². The lowest BCUT2D eigenvalue weighted by Crippen LogP contribution is -2.27. The van der Waals surface area contributed by atoms with Crippen LogP contribution in [0.5, 0.6) is 0 Å². The summed E-state index contributed by atoms with van der Waals surface area (Å²) in [7, 11) is 0. The van der Waals surface area contributed by atoms with Crippen molar-refractivity contribution in [2.24, 2.45) is 0 Å². The molecule has 7 nitrogen and oxygen atoms in total. The molecule has 0 amide bonds. The second kappa shape index (κ2) is 6.25. The molecule has 2 aromatic heterocycles. The highest BCUT2D eigenvalue weighted by molar-refractivity contribution is 6.36. The Morgan fingerprint density at radius 3 is 2.84 bits per heavy atom. The van der Waals surface area contributed by atoms with E-state index in [1.54, 1.807) is 18.3 Å². The van der Waals surface area contributed by atoms with Gasteiger partial charge in [0, 0.05) is 35.4 Å². The molecule has 0 bridgehead atoms. The third kappa shape index (κ3) is 2.98. The number of H-pyrrole nitrogens is 1. The summed E-state index contributed by atoms with van der Waals surface area (Å²) in [4.78, 5) is 12.2. The summed E-state index contributed by atoms with van der Waals surface area (Å²) < 4.78 is 0. The number of rotatable bonds is 5. The van der Waals surface area contributed by atoms with Crippen molar-refractivity contribution in [3.05, 3.63) is 35.0 Å². The zero-order valence-electron chi connectivity index (χ0n) is 13.4. The minimum absolute atomic E-state index is 0.430. The van der Waals surface area contributed by atoms with Crippen LogP contribution in [0.1, 0.15) is 24.8 Å². The lowest BCUT2D eigenvalue weighted by atomic mass is 9.93. The van der Waals surface area contributed by atoms with Crippen LogP contribution in [-0.4, -0.2) is 27.2 Å². The fourth-order valence-corrected chi connectivity index (χ4v) is 3.05. The van der Waals surface area contributed by atoms with Gasteiger partial charge in [-0.1, -0.05) is 11.6 Å². The van der Waals surface area contributed by atoms with Crippen LogP contribution in [0, 0.1) is 5.41 Å². The number of anilines is 4. The number of aromatic nitrogens is 3. The van der Waals surface area contributed by atoms with E-state index in [0.717, 1.165) is 29.7 Å². The van der Waals surface area contributed by atoms with Crippen molar-refractivity contribution >= 4 is 52.0 Å². The van der Waals surface area contributed by atoms with E-state index in [4.69, 9.17) is 22.7 Å². The number of fused-ring (bicyclic) bond motifs is 1. The molecule has 0 saturated heterocycles. The van der Waals surface area contributed by atoms with Crippen molar-refractivity contribution in [1.29, 1.82) is 5.41 Å². The number of hydrogen-bond donors (Lipinski definition) is 5. The van der Waals surface area contributed by atoms with Crippen molar-refractivity contribution in [3.63, 3.8) is 0 Å². The van der Waals surface area contributed by atoms with Gasteiger partial charge in [-0.05, 0) is 37.5 Å². The summed E-state index contributed by atoms with van der Waals surface area (Å²) in [6.07, 6.45) is 6.45. The first-order chi connectivity index (χ1) is 12.1. The maximum Gasteiger partial charge on any atom is 0.231 e. The average molecular weight is 356 g/mol. The summed E-state index contributed by atoms with van der Waals surface area (Å²) in [6, 6.07) is 5.81. The summed E-state index contributed by atoms with van der Waals surface area (Å²) >= 11 is 6.28. The average Bonchev–Trinajstić information content (AvgIpc) is 2.92. The highest BCUT2D eigenvalue weighted by Crippen LogP contribution is 2.32. The van der Waals surface area contributed by atoms with Crippen LogP contribution in [0.25, 0.3) is 11.0 Å². The Balaban J connectivity index is 1.69. The molecule has 1 fully saturated rings. The van der Waals surface area contributed by atoms with Crippen LogP contribution in [0.15, 0.2) is 24.4 Å². The van der Waals surface area contributed by atoms with E-state index in [-0.39, 0.29) is 0 Å². The van der Waals surface area contributed by atoms with Crippen LogP contribution in [0.3, 0.4) is 0 Å². The fraction of sp³-hybridized carbons (Fsp3) is 0.235. The fourth-order valence-electron chi connectivity index (χ4n) is 2.81. The van der Waals surface area contributed by atoms with Gasteiger partial charge >= 0.3 is 0 Å². The molecule has 25 heavy (non-hydrogen) atoms. The van der Waals surface area contributed by atoms with Crippen LogP contribution in [0.4, 0.5) is 23.1 Å². The first-order valence-electron chi connectivity index (χ1n) is 8.12. The number of hydrogen-bond acceptors (Lipinski definition) is 6. The summed E-state index contributed by atoms with van der Waals surface area (Å²) in [5, 5.41) is 15.3. The van der Waals surface area contributed by atoms with E-state index in [2.05, 4.69) is 25.6 Å². The molecule has 1 saturated carbocycles. The van der Waals surface area contributed by atoms with Gasteiger partial charge in [0.05, 0.1) is 10.4 Å². The van der Waals surface area contributed by atoms with Gasteiger partial charge in [0.2, 0.25) is 5.95 Å². The SMILES string of the molecule is N=Cc1ccc(Nc2nc(NC3CCC3)c3c(Cl)c[nH]c3n2)cc1N. The highest BCUT2D eigenvalue weighted by Gasteiger charge is 2.21. The van der Waals surface area contributed by atoms with Crippen molar-refractivity contribution in [2.75, 3.05) is 16.4 Å². The molecular weight excluding hydrogens is 338 g/mol. The van der Waals surface area contributed by atoms with E-state index in [9.17, 15) is 0 Å². The van der Waals surface area contributed by atoms with Crippen LogP contribution in [0.2, 0.25) is 5.02 Å². The molecule has 3 aromatic rings. The number of nitrogens with zero attached hydrogens (tertiary/aromatic N) is 2. The summed E-state index contributed by atoms with van der Waals surface area (Å²) in [6.45, 7) is 0. The second-order valence-corrected chi connectivity index (χ2v) is 6.55. The first kappa shape index (κ1) is 15.7. The second-order valence-electron chi connectivity index (χ2n) is 6.14. The third-order valence-electron chi connectivity index (χ3n) is 4.43. The maximum absolute atomic E-state index is 7.31. The van der Waals surface area contributed by atoms with Gasteiger partial charge in [-0.15, -0.1) is 0 Å². The van der Waals surface area contributed by atoms with E-state index >= 15 is 0 Å². The molecule has 0 atom stereocenters. The molecule has 0 radical (unpaired) electrons. The van der Waals surface area contributed by atoms with Crippen molar-refractivity contribution < 1.29 is 0 Å². The topological polar surface area (TPSA) is 116 Å². The molecule has 1 aromatic carbocycles. The molecule has 0 unspecified atom stereocenters. The van der Waals surface area contributed by atoms with Crippen LogP contribution < -0.4 is 16.4 Å². The number of aromatic amines is 1. The molecular formula is C17H18ClN7. The monoisotopic (exact) mass is 355 g/mol. The lowest BCUT2D eigenvalue weighted by Gasteiger charge is -2.27. The standard InChI is InChI=1S/C17H18ClN7/c18-12-8-21-15-14(12)16(22-10-2-1-3-10)25-17(24-15)23-11-5-4-9(7-19)13(20)6-11/h4-8,10,19H,1-3,20H2,(H3,21,22,23,24,25). The van der Waals surface area contributed by atoms with E-state index < -0.39 is 0 Å². The molecule has 6 N–H and O–H groups in total. The summed E-state index contributed by atoms with van der Waals surface area (Å²) in [5.74, 6) is 1.18. The van der Waals surface area contributed by atoms with Crippen molar-refractivity contribution in [3.8, 4) is 0 Å². The van der Waals surface area contributed by atoms with Crippen molar-refractivity contribution in [2.45, 2.75) is 25.3 Å². The molecule has 8 heteroatoms. The number of halogens is 1. The molecule has 1 aliphatic carbocycles. The van der Waals surface area contributed by atoms with Gasteiger partial charge in [-0.3, -0.25) is 0 Å². The Morgan fingerprint density at radius 2 is 2.16 bits per heavy atom. The Labute approximate surface area is 149 Å². The molecule has 0 spiro atoms. The van der Waals surface area contributed by atoms with Gasteiger partial charge in [0.1, 0.15) is 11.5 Å². The molecule has 4 rings (SSSR count). The van der Waals surface area contributed by atoms with Gasteiger partial charge in [-0.25, -0.2) is 0 Å². The Kier molecular flexibility index (Phi) is 3.93. The van der Waals surface area contributed by atoms with E-state index in [1.165, 1.54) is 12.6 Å². The number of benzene rings is 1. The smallest absolute Gasteiger partial charge is 0.231 e. The number of nitrogens with two attached hydrogens (primary N) is 1. The van der Waals surface area contributed by atoms with E-state index in [1.807, 2.05) is 6.07 Å². The van der Waals surface area contributed by atoms with Crippen molar-refractivity contribution in [1.82, 2.24) is 15.0 Å². The van der Waals surface area contributed by atoms with Gasteiger partial charge < -0.3 is 26.8 Å². The zero-order valence-corrected chi connectivity index (χ0v) is 14.2.